The summed E-state index contributed by atoms with van der Waals surface area (Å²) in [6.07, 6.45) is 3.04. The molecule has 0 bridgehead atoms. The van der Waals surface area contributed by atoms with Crippen molar-refractivity contribution in [3.63, 3.8) is 0 Å². The van der Waals surface area contributed by atoms with E-state index in [-0.39, 0.29) is 22.4 Å². The maximum Gasteiger partial charge on any atom is 0.277 e. The highest BCUT2D eigenvalue weighted by Crippen LogP contribution is 2.33. The van der Waals surface area contributed by atoms with Gasteiger partial charge in [0.2, 0.25) is 0 Å². The SMILES string of the molecule is O=C(COc1cc(Cl)c(Cl)cc1Cl)NN=Cc1ccccn1. The van der Waals surface area contributed by atoms with Gasteiger partial charge >= 0.3 is 0 Å². The predicted molar refractivity (Wildman–Crippen MR) is 86.9 cm³/mol. The van der Waals surface area contributed by atoms with Gasteiger partial charge in [0, 0.05) is 12.3 Å². The largest absolute Gasteiger partial charge is 0.482 e. The molecule has 0 aliphatic rings. The number of aromatic nitrogens is 1. The first-order valence-electron chi connectivity index (χ1n) is 6.06. The van der Waals surface area contributed by atoms with Crippen LogP contribution in [0.2, 0.25) is 15.1 Å². The Labute approximate surface area is 141 Å². The van der Waals surface area contributed by atoms with Gasteiger partial charge < -0.3 is 4.74 Å². The van der Waals surface area contributed by atoms with Gasteiger partial charge in [0.25, 0.3) is 5.91 Å². The topological polar surface area (TPSA) is 63.6 Å². The average molecular weight is 359 g/mol. The minimum atomic E-state index is -0.450. The Balaban J connectivity index is 1.86. The predicted octanol–water partition coefficient (Wildman–Crippen LogP) is 3.57. The Morgan fingerprint density at radius 3 is 2.73 bits per heavy atom. The molecule has 1 N–H and O–H groups in total. The van der Waals surface area contributed by atoms with Gasteiger partial charge in [-0.25, -0.2) is 5.43 Å². The van der Waals surface area contributed by atoms with E-state index in [1.165, 1.54) is 18.3 Å². The Hall–Kier alpha value is -1.82. The fourth-order valence-electron chi connectivity index (χ4n) is 1.41. The Morgan fingerprint density at radius 1 is 1.23 bits per heavy atom. The fourth-order valence-corrected chi connectivity index (χ4v) is 2.00. The molecule has 1 aromatic heterocycles. The lowest BCUT2D eigenvalue weighted by atomic mass is 10.3. The van der Waals surface area contributed by atoms with Crippen LogP contribution in [0.4, 0.5) is 0 Å². The van der Waals surface area contributed by atoms with Crippen LogP contribution in [0.3, 0.4) is 0 Å². The molecule has 8 heteroatoms. The highest BCUT2D eigenvalue weighted by Gasteiger charge is 2.09. The van der Waals surface area contributed by atoms with Crippen LogP contribution in [-0.4, -0.2) is 23.7 Å². The molecule has 0 aliphatic carbocycles. The van der Waals surface area contributed by atoms with Gasteiger partial charge in [0.05, 0.1) is 27.0 Å². The molecule has 114 valence electrons. The molecule has 0 saturated heterocycles. The standard InChI is InChI=1S/C14H10Cl3N3O2/c15-10-5-12(17)13(6-11(10)16)22-8-14(21)20-19-7-9-3-1-2-4-18-9/h1-7H,8H2,(H,20,21). The van der Waals surface area contributed by atoms with Crippen molar-refractivity contribution in [2.24, 2.45) is 5.10 Å². The molecule has 0 unspecified atom stereocenters. The van der Waals surface area contributed by atoms with E-state index in [4.69, 9.17) is 39.5 Å². The van der Waals surface area contributed by atoms with E-state index in [1.807, 2.05) is 6.07 Å². The first kappa shape index (κ1) is 16.5. The summed E-state index contributed by atoms with van der Waals surface area (Å²) < 4.78 is 5.26. The normalized spacial score (nSPS) is 10.7. The Bertz CT molecular complexity index is 693. The van der Waals surface area contributed by atoms with Crippen molar-refractivity contribution >= 4 is 46.9 Å². The van der Waals surface area contributed by atoms with Crippen LogP contribution < -0.4 is 10.2 Å². The van der Waals surface area contributed by atoms with E-state index in [0.29, 0.717) is 10.7 Å². The number of carbonyl (C=O) groups is 1. The number of pyridine rings is 1. The van der Waals surface area contributed by atoms with Crippen molar-refractivity contribution in [3.05, 3.63) is 57.3 Å². The number of ether oxygens (including phenoxy) is 1. The molecule has 1 amide bonds. The van der Waals surface area contributed by atoms with Crippen LogP contribution >= 0.6 is 34.8 Å². The molecule has 5 nitrogen and oxygen atoms in total. The van der Waals surface area contributed by atoms with Crippen LogP contribution in [0, 0.1) is 0 Å². The monoisotopic (exact) mass is 357 g/mol. The lowest BCUT2D eigenvalue weighted by Crippen LogP contribution is -2.24. The van der Waals surface area contributed by atoms with Gasteiger partial charge in [-0.15, -0.1) is 0 Å². The maximum absolute atomic E-state index is 11.6. The van der Waals surface area contributed by atoms with E-state index in [0.717, 1.165) is 0 Å². The van der Waals surface area contributed by atoms with Gasteiger partial charge in [0.1, 0.15) is 5.75 Å². The van der Waals surface area contributed by atoms with Crippen LogP contribution in [0.1, 0.15) is 5.69 Å². The summed E-state index contributed by atoms with van der Waals surface area (Å²) in [6, 6.07) is 8.23. The highest BCUT2D eigenvalue weighted by molar-refractivity contribution is 6.43. The molecule has 2 aromatic rings. The molecule has 0 radical (unpaired) electrons. The molecular formula is C14H10Cl3N3O2. The van der Waals surface area contributed by atoms with E-state index < -0.39 is 5.91 Å². The number of rotatable bonds is 5. The van der Waals surface area contributed by atoms with Crippen LogP contribution in [0.5, 0.6) is 5.75 Å². The van der Waals surface area contributed by atoms with Crippen molar-refractivity contribution in [2.75, 3.05) is 6.61 Å². The summed E-state index contributed by atoms with van der Waals surface area (Å²) in [7, 11) is 0. The number of halogens is 3. The van der Waals surface area contributed by atoms with Crippen molar-refractivity contribution in [2.45, 2.75) is 0 Å². The van der Waals surface area contributed by atoms with Gasteiger partial charge in [0.15, 0.2) is 6.61 Å². The van der Waals surface area contributed by atoms with E-state index in [2.05, 4.69) is 15.5 Å². The molecule has 1 heterocycles. The smallest absolute Gasteiger partial charge is 0.277 e. The molecule has 2 rings (SSSR count). The number of hydrogen-bond donors (Lipinski definition) is 1. The quantitative estimate of drug-likeness (QED) is 0.505. The lowest BCUT2D eigenvalue weighted by Gasteiger charge is -2.08. The summed E-state index contributed by atoms with van der Waals surface area (Å²) in [6.45, 7) is -0.267. The summed E-state index contributed by atoms with van der Waals surface area (Å²) in [5.74, 6) is -0.186. The molecule has 0 saturated carbocycles. The average Bonchev–Trinajstić information content (AvgIpc) is 2.50. The number of nitrogens with one attached hydrogen (secondary N) is 1. The minimum Gasteiger partial charge on any atom is -0.482 e. The zero-order valence-corrected chi connectivity index (χ0v) is 13.4. The Kier molecular flexibility index (Phi) is 6.00. The molecule has 1 aromatic carbocycles. The number of nitrogens with zero attached hydrogens (tertiary/aromatic N) is 2. The van der Waals surface area contributed by atoms with Crippen LogP contribution in [-0.2, 0) is 4.79 Å². The van der Waals surface area contributed by atoms with Crippen molar-refractivity contribution in [3.8, 4) is 5.75 Å². The fraction of sp³-hybridized carbons (Fsp3) is 0.0714. The lowest BCUT2D eigenvalue weighted by molar-refractivity contribution is -0.123. The zero-order chi connectivity index (χ0) is 15.9. The Morgan fingerprint density at radius 2 is 2.00 bits per heavy atom. The molecule has 0 spiro atoms. The third kappa shape index (κ3) is 4.87. The number of carbonyl (C=O) groups excluding carboxylic acids is 1. The molecule has 0 aliphatic heterocycles. The summed E-state index contributed by atoms with van der Waals surface area (Å²) in [4.78, 5) is 15.6. The van der Waals surface area contributed by atoms with Gasteiger partial charge in [-0.05, 0) is 18.2 Å². The van der Waals surface area contributed by atoms with Crippen LogP contribution in [0.25, 0.3) is 0 Å². The van der Waals surface area contributed by atoms with Crippen LogP contribution in [0.15, 0.2) is 41.6 Å². The number of amides is 1. The van der Waals surface area contributed by atoms with E-state index in [9.17, 15) is 4.79 Å². The second kappa shape index (κ2) is 7.98. The summed E-state index contributed by atoms with van der Waals surface area (Å²) in [5, 5.41) is 4.62. The third-order valence-corrected chi connectivity index (χ3v) is 3.42. The van der Waals surface area contributed by atoms with Crippen molar-refractivity contribution in [1.29, 1.82) is 0 Å². The van der Waals surface area contributed by atoms with E-state index >= 15 is 0 Å². The van der Waals surface area contributed by atoms with Crippen molar-refractivity contribution in [1.82, 2.24) is 10.4 Å². The minimum absolute atomic E-state index is 0.263. The molecule has 0 atom stereocenters. The number of hydrazone groups is 1. The second-order valence-electron chi connectivity index (χ2n) is 4.03. The van der Waals surface area contributed by atoms with Gasteiger partial charge in [-0.1, -0.05) is 40.9 Å². The first-order valence-corrected chi connectivity index (χ1v) is 7.20. The third-order valence-electron chi connectivity index (χ3n) is 2.41. The molecule has 0 fully saturated rings. The highest BCUT2D eigenvalue weighted by atomic mass is 35.5. The van der Waals surface area contributed by atoms with E-state index in [1.54, 1.807) is 18.3 Å². The second-order valence-corrected chi connectivity index (χ2v) is 5.25. The zero-order valence-electron chi connectivity index (χ0n) is 11.1. The van der Waals surface area contributed by atoms with Gasteiger partial charge in [-0.3, -0.25) is 9.78 Å². The summed E-state index contributed by atoms with van der Waals surface area (Å²) >= 11 is 17.6. The van der Waals surface area contributed by atoms with Crippen molar-refractivity contribution < 1.29 is 9.53 Å². The molecule has 22 heavy (non-hydrogen) atoms. The number of hydrogen-bond acceptors (Lipinski definition) is 4. The number of benzene rings is 1. The summed E-state index contributed by atoms with van der Waals surface area (Å²) in [5.41, 5.74) is 2.93. The first-order chi connectivity index (χ1) is 10.6. The maximum atomic E-state index is 11.6. The van der Waals surface area contributed by atoms with Gasteiger partial charge in [-0.2, -0.15) is 5.10 Å². The molecular weight excluding hydrogens is 349 g/mol.